The summed E-state index contributed by atoms with van der Waals surface area (Å²) < 4.78 is 17.0. The lowest BCUT2D eigenvalue weighted by Crippen LogP contribution is -2.29. The summed E-state index contributed by atoms with van der Waals surface area (Å²) in [5.41, 5.74) is 0. The average Bonchev–Trinajstić information content (AvgIpc) is 2.37. The lowest BCUT2D eigenvalue weighted by Gasteiger charge is -2.16. The highest BCUT2D eigenvalue weighted by atomic mass is 28.3. The van der Waals surface area contributed by atoms with Gasteiger partial charge in [-0.05, 0) is 38.8 Å². The maximum absolute atomic E-state index is 5.67. The Bertz CT molecular complexity index is 153. The minimum absolute atomic E-state index is 0.783. The summed E-state index contributed by atoms with van der Waals surface area (Å²) in [5.74, 6) is 0. The van der Waals surface area contributed by atoms with Gasteiger partial charge in [0.25, 0.3) is 0 Å². The van der Waals surface area contributed by atoms with Crippen LogP contribution in [0.25, 0.3) is 0 Å². The molecule has 1 saturated heterocycles. The summed E-state index contributed by atoms with van der Waals surface area (Å²) >= 11 is 0. The number of hydrogen-bond acceptors (Lipinski definition) is 4. The van der Waals surface area contributed by atoms with Gasteiger partial charge in [-0.2, -0.15) is 0 Å². The second kappa shape index (κ2) is 17.1. The van der Waals surface area contributed by atoms with Crippen molar-refractivity contribution in [2.24, 2.45) is 0 Å². The second-order valence-electron chi connectivity index (χ2n) is 5.07. The van der Waals surface area contributed by atoms with E-state index in [0.717, 1.165) is 58.3 Å². The molecular weight excluding hydrogens is 270 g/mol. The van der Waals surface area contributed by atoms with E-state index in [1.54, 1.807) is 0 Å². The van der Waals surface area contributed by atoms with E-state index < -0.39 is 9.53 Å². The third kappa shape index (κ3) is 14.5. The summed E-state index contributed by atoms with van der Waals surface area (Å²) in [4.78, 5) is 0. The highest BCUT2D eigenvalue weighted by Gasteiger charge is 2.14. The molecule has 1 aliphatic heterocycles. The van der Waals surface area contributed by atoms with Gasteiger partial charge in [-0.25, -0.2) is 0 Å². The summed E-state index contributed by atoms with van der Waals surface area (Å²) in [5, 5.41) is 3.11. The van der Waals surface area contributed by atoms with Crippen LogP contribution in [0.2, 0.25) is 0 Å². The molecule has 1 N–H and O–H groups in total. The number of rotatable bonds is 12. The maximum atomic E-state index is 5.67. The quantitative estimate of drug-likeness (QED) is 0.444. The van der Waals surface area contributed by atoms with Gasteiger partial charge in [0.15, 0.2) is 0 Å². The minimum atomic E-state index is -1.83. The standard InChI is InChI=1S/C12H28O3Si.C3H7N/c1-4-7-10-13-16(14-11-8-5-2)15-12-9-6-3;1-2-4-3-1/h16H,4-12H2,1-3H3;4H,1-3H2. The van der Waals surface area contributed by atoms with E-state index in [1.807, 2.05) is 0 Å². The van der Waals surface area contributed by atoms with E-state index in [2.05, 4.69) is 26.1 Å². The fourth-order valence-corrected chi connectivity index (χ4v) is 2.66. The molecule has 0 atom stereocenters. The monoisotopic (exact) mass is 305 g/mol. The molecule has 20 heavy (non-hydrogen) atoms. The number of hydrogen-bond donors (Lipinski definition) is 1. The lowest BCUT2D eigenvalue weighted by molar-refractivity contribution is 0.0899. The first-order valence-corrected chi connectivity index (χ1v) is 9.82. The average molecular weight is 306 g/mol. The molecule has 1 rings (SSSR count). The highest BCUT2D eigenvalue weighted by molar-refractivity contribution is 6.36. The van der Waals surface area contributed by atoms with Crippen molar-refractivity contribution in [2.45, 2.75) is 65.7 Å². The van der Waals surface area contributed by atoms with Crippen molar-refractivity contribution in [1.82, 2.24) is 5.32 Å². The van der Waals surface area contributed by atoms with E-state index in [1.165, 1.54) is 19.5 Å². The van der Waals surface area contributed by atoms with Gasteiger partial charge in [-0.3, -0.25) is 0 Å². The lowest BCUT2D eigenvalue weighted by atomic mass is 10.3. The molecule has 1 aliphatic rings. The van der Waals surface area contributed by atoms with Crippen molar-refractivity contribution >= 4 is 9.53 Å². The Labute approximate surface area is 127 Å². The van der Waals surface area contributed by atoms with Crippen molar-refractivity contribution in [3.63, 3.8) is 0 Å². The van der Waals surface area contributed by atoms with Crippen LogP contribution in [0, 0.1) is 0 Å². The van der Waals surface area contributed by atoms with Crippen molar-refractivity contribution in [2.75, 3.05) is 32.9 Å². The summed E-state index contributed by atoms with van der Waals surface area (Å²) in [6, 6.07) is 0. The molecule has 0 aliphatic carbocycles. The Morgan fingerprint density at radius 1 is 0.750 bits per heavy atom. The normalized spacial score (nSPS) is 13.8. The molecule has 5 heteroatoms. The van der Waals surface area contributed by atoms with E-state index in [0.29, 0.717) is 0 Å². The zero-order valence-corrected chi connectivity index (χ0v) is 14.9. The van der Waals surface area contributed by atoms with Gasteiger partial charge in [-0.1, -0.05) is 40.0 Å². The molecule has 0 amide bonds. The predicted octanol–water partition coefficient (Wildman–Crippen LogP) is 3.13. The van der Waals surface area contributed by atoms with Crippen LogP contribution in [-0.4, -0.2) is 42.4 Å². The van der Waals surface area contributed by atoms with Crippen LogP contribution in [0.3, 0.4) is 0 Å². The van der Waals surface area contributed by atoms with Crippen molar-refractivity contribution in [3.8, 4) is 0 Å². The van der Waals surface area contributed by atoms with Crippen LogP contribution >= 0.6 is 0 Å². The van der Waals surface area contributed by atoms with Gasteiger partial charge in [0.2, 0.25) is 0 Å². The fourth-order valence-electron chi connectivity index (χ4n) is 1.29. The number of unbranched alkanes of at least 4 members (excludes halogenated alkanes) is 3. The molecule has 0 radical (unpaired) electrons. The van der Waals surface area contributed by atoms with Crippen LogP contribution in [0.15, 0.2) is 0 Å². The molecule has 4 nitrogen and oxygen atoms in total. The van der Waals surface area contributed by atoms with Crippen molar-refractivity contribution in [3.05, 3.63) is 0 Å². The smallest absolute Gasteiger partial charge is 0.376 e. The molecule has 0 aromatic heterocycles. The first-order valence-electron chi connectivity index (χ1n) is 8.40. The minimum Gasteiger partial charge on any atom is -0.376 e. The van der Waals surface area contributed by atoms with Gasteiger partial charge >= 0.3 is 9.53 Å². The van der Waals surface area contributed by atoms with Gasteiger partial charge in [0, 0.05) is 19.8 Å². The number of nitrogens with one attached hydrogen (secondary N) is 1. The van der Waals surface area contributed by atoms with Gasteiger partial charge in [0.05, 0.1) is 0 Å². The largest absolute Gasteiger partial charge is 0.484 e. The Morgan fingerprint density at radius 3 is 1.25 bits per heavy atom. The molecule has 0 aromatic rings. The Kier molecular flexibility index (Phi) is 17.2. The van der Waals surface area contributed by atoms with Crippen LogP contribution < -0.4 is 5.32 Å². The molecule has 0 aromatic carbocycles. The fraction of sp³-hybridized carbons (Fsp3) is 1.00. The molecule has 1 heterocycles. The SMILES string of the molecule is C1CNC1.CCCCO[SiH](OCCCC)OCCCC. The maximum Gasteiger partial charge on any atom is 0.484 e. The molecule has 0 bridgehead atoms. The zero-order chi connectivity index (χ0) is 14.9. The summed E-state index contributed by atoms with van der Waals surface area (Å²) in [6.07, 6.45) is 8.15. The molecule has 0 unspecified atom stereocenters. The van der Waals surface area contributed by atoms with Gasteiger partial charge in [-0.15, -0.1) is 0 Å². The first kappa shape index (κ1) is 20.1. The molecule has 1 fully saturated rings. The van der Waals surface area contributed by atoms with Crippen LogP contribution in [0.1, 0.15) is 65.7 Å². The predicted molar refractivity (Wildman–Crippen MR) is 87.2 cm³/mol. The van der Waals surface area contributed by atoms with Crippen LogP contribution in [0.5, 0.6) is 0 Å². The Balaban J connectivity index is 0.000000760. The van der Waals surface area contributed by atoms with E-state index in [4.69, 9.17) is 13.3 Å². The highest BCUT2D eigenvalue weighted by Crippen LogP contribution is 2.00. The topological polar surface area (TPSA) is 39.7 Å². The second-order valence-corrected chi connectivity index (χ2v) is 6.64. The van der Waals surface area contributed by atoms with Crippen molar-refractivity contribution in [1.29, 1.82) is 0 Å². The van der Waals surface area contributed by atoms with Crippen molar-refractivity contribution < 1.29 is 13.3 Å². The Morgan fingerprint density at radius 2 is 1.05 bits per heavy atom. The van der Waals surface area contributed by atoms with Crippen LogP contribution in [-0.2, 0) is 13.3 Å². The third-order valence-corrected chi connectivity index (χ3v) is 4.49. The molecule has 0 saturated carbocycles. The van der Waals surface area contributed by atoms with E-state index >= 15 is 0 Å². The van der Waals surface area contributed by atoms with E-state index in [9.17, 15) is 0 Å². The molecular formula is C15H35NO3Si. The third-order valence-electron chi connectivity index (χ3n) is 2.96. The van der Waals surface area contributed by atoms with Crippen LogP contribution in [0.4, 0.5) is 0 Å². The van der Waals surface area contributed by atoms with Gasteiger partial charge < -0.3 is 18.6 Å². The Hall–Kier alpha value is 0.0569. The summed E-state index contributed by atoms with van der Waals surface area (Å²) in [6.45, 7) is 11.3. The summed E-state index contributed by atoms with van der Waals surface area (Å²) in [7, 11) is -1.83. The first-order chi connectivity index (χ1) is 9.85. The molecule has 0 spiro atoms. The zero-order valence-electron chi connectivity index (χ0n) is 13.8. The molecule has 122 valence electrons. The van der Waals surface area contributed by atoms with E-state index in [-0.39, 0.29) is 0 Å². The van der Waals surface area contributed by atoms with Gasteiger partial charge in [0.1, 0.15) is 0 Å².